The van der Waals surface area contributed by atoms with Crippen LogP contribution in [0, 0.1) is 0 Å². The summed E-state index contributed by atoms with van der Waals surface area (Å²) >= 11 is 0. The number of rotatable bonds is 7. The number of Topliss-reactive ketones (excluding diaryl/α,β-unsaturated/α-hetero) is 1. The fourth-order valence-electron chi connectivity index (χ4n) is 3.55. The van der Waals surface area contributed by atoms with Gasteiger partial charge in [-0.05, 0) is 55.3 Å². The molecule has 2 aromatic rings. The molecule has 1 saturated heterocycles. The molecule has 3 rings (SSSR count). The SMILES string of the molecule is COC(=O)C1(Cc2ccc(OCC=C(C)C)cc2)OC(=O)C(=O)C1c1ccc(O)cc1. The van der Waals surface area contributed by atoms with Gasteiger partial charge < -0.3 is 19.3 Å². The lowest BCUT2D eigenvalue weighted by atomic mass is 9.77. The quantitative estimate of drug-likeness (QED) is 0.414. The van der Waals surface area contributed by atoms with Gasteiger partial charge in [0, 0.05) is 6.42 Å². The van der Waals surface area contributed by atoms with E-state index >= 15 is 0 Å². The molecule has 2 atom stereocenters. The third-order valence-corrected chi connectivity index (χ3v) is 5.09. The number of ketones is 1. The lowest BCUT2D eigenvalue weighted by molar-refractivity contribution is -0.173. The van der Waals surface area contributed by atoms with E-state index in [2.05, 4.69) is 0 Å². The summed E-state index contributed by atoms with van der Waals surface area (Å²) < 4.78 is 15.9. The van der Waals surface area contributed by atoms with E-state index in [-0.39, 0.29) is 12.2 Å². The Balaban J connectivity index is 1.93. The van der Waals surface area contributed by atoms with Crippen molar-refractivity contribution in [1.29, 1.82) is 0 Å². The van der Waals surface area contributed by atoms with Gasteiger partial charge in [-0.3, -0.25) is 4.79 Å². The summed E-state index contributed by atoms with van der Waals surface area (Å²) in [5.41, 5.74) is 0.334. The molecule has 0 spiro atoms. The van der Waals surface area contributed by atoms with E-state index < -0.39 is 29.2 Å². The maximum absolute atomic E-state index is 12.8. The highest BCUT2D eigenvalue weighted by atomic mass is 16.6. The maximum atomic E-state index is 12.8. The molecule has 2 aromatic carbocycles. The van der Waals surface area contributed by atoms with Crippen LogP contribution in [-0.4, -0.2) is 42.1 Å². The van der Waals surface area contributed by atoms with E-state index in [0.29, 0.717) is 23.5 Å². The summed E-state index contributed by atoms with van der Waals surface area (Å²) in [6, 6.07) is 12.7. The topological polar surface area (TPSA) is 99.1 Å². The Labute approximate surface area is 180 Å². The third-order valence-electron chi connectivity index (χ3n) is 5.09. The second kappa shape index (κ2) is 9.04. The van der Waals surface area contributed by atoms with Crippen molar-refractivity contribution in [2.24, 2.45) is 0 Å². The minimum Gasteiger partial charge on any atom is -0.508 e. The van der Waals surface area contributed by atoms with Crippen LogP contribution in [0.1, 0.15) is 30.9 Å². The Kier molecular flexibility index (Phi) is 6.44. The van der Waals surface area contributed by atoms with Gasteiger partial charge in [-0.1, -0.05) is 29.8 Å². The Morgan fingerprint density at radius 3 is 2.32 bits per heavy atom. The number of hydrogen-bond acceptors (Lipinski definition) is 7. The number of hydrogen-bond donors (Lipinski definition) is 1. The number of allylic oxidation sites excluding steroid dienone is 1. The fraction of sp³-hybridized carbons (Fsp3) is 0.292. The molecular formula is C24H24O7. The van der Waals surface area contributed by atoms with Crippen molar-refractivity contribution in [1.82, 2.24) is 0 Å². The first-order valence-corrected chi connectivity index (χ1v) is 9.76. The average Bonchev–Trinajstić information content (AvgIpc) is 3.00. The monoisotopic (exact) mass is 424 g/mol. The van der Waals surface area contributed by atoms with Crippen molar-refractivity contribution in [3.8, 4) is 11.5 Å². The molecule has 1 fully saturated rings. The average molecular weight is 424 g/mol. The van der Waals surface area contributed by atoms with Gasteiger partial charge in [0.1, 0.15) is 24.0 Å². The number of methoxy groups -OCH3 is 1. The van der Waals surface area contributed by atoms with Crippen LogP contribution in [0.25, 0.3) is 0 Å². The van der Waals surface area contributed by atoms with E-state index in [0.717, 1.165) is 5.57 Å². The number of cyclic esters (lactones) is 1. The number of phenols is 1. The van der Waals surface area contributed by atoms with Crippen molar-refractivity contribution < 1.29 is 33.7 Å². The zero-order chi connectivity index (χ0) is 22.6. The van der Waals surface area contributed by atoms with Crippen molar-refractivity contribution >= 4 is 17.7 Å². The maximum Gasteiger partial charge on any atom is 0.376 e. The molecule has 0 saturated carbocycles. The first-order chi connectivity index (χ1) is 14.8. The van der Waals surface area contributed by atoms with Gasteiger partial charge in [0.25, 0.3) is 5.78 Å². The van der Waals surface area contributed by atoms with Gasteiger partial charge in [0.05, 0.1) is 7.11 Å². The van der Waals surface area contributed by atoms with Crippen LogP contribution in [0.4, 0.5) is 0 Å². The van der Waals surface area contributed by atoms with Gasteiger partial charge in [-0.2, -0.15) is 0 Å². The number of ether oxygens (including phenoxy) is 3. The van der Waals surface area contributed by atoms with Crippen molar-refractivity contribution in [2.45, 2.75) is 31.8 Å². The van der Waals surface area contributed by atoms with Crippen molar-refractivity contribution in [3.05, 3.63) is 71.3 Å². The summed E-state index contributed by atoms with van der Waals surface area (Å²) in [6.07, 6.45) is 1.89. The van der Waals surface area contributed by atoms with Crippen LogP contribution in [-0.2, 0) is 30.3 Å². The number of esters is 2. The van der Waals surface area contributed by atoms with Crippen molar-refractivity contribution in [3.63, 3.8) is 0 Å². The van der Waals surface area contributed by atoms with E-state index in [9.17, 15) is 19.5 Å². The molecule has 7 heteroatoms. The minimum absolute atomic E-state index is 0.00573. The van der Waals surface area contributed by atoms with E-state index in [1.165, 1.54) is 31.4 Å². The van der Waals surface area contributed by atoms with E-state index in [4.69, 9.17) is 14.2 Å². The summed E-state index contributed by atoms with van der Waals surface area (Å²) in [4.78, 5) is 37.7. The van der Waals surface area contributed by atoms with E-state index in [1.54, 1.807) is 24.3 Å². The second-order valence-electron chi connectivity index (χ2n) is 7.57. The van der Waals surface area contributed by atoms with Crippen LogP contribution in [0.3, 0.4) is 0 Å². The summed E-state index contributed by atoms with van der Waals surface area (Å²) in [6.45, 7) is 4.39. The molecule has 2 unspecified atom stereocenters. The molecule has 1 heterocycles. The standard InChI is InChI=1S/C24H24O7/c1-15(2)12-13-30-19-10-4-16(5-11-19)14-24(23(28)29-3)20(21(26)22(27)31-24)17-6-8-18(25)9-7-17/h4-12,20,25H,13-14H2,1-3H3. The Morgan fingerprint density at radius 2 is 1.74 bits per heavy atom. The Bertz CT molecular complexity index is 1000. The summed E-state index contributed by atoms with van der Waals surface area (Å²) in [7, 11) is 1.18. The van der Waals surface area contributed by atoms with Gasteiger partial charge in [-0.15, -0.1) is 0 Å². The lowest BCUT2D eigenvalue weighted by Gasteiger charge is -2.30. The molecular weight excluding hydrogens is 400 g/mol. The molecule has 0 radical (unpaired) electrons. The van der Waals surface area contributed by atoms with Gasteiger partial charge in [0.15, 0.2) is 0 Å². The smallest absolute Gasteiger partial charge is 0.376 e. The zero-order valence-corrected chi connectivity index (χ0v) is 17.6. The molecule has 0 aromatic heterocycles. The Hall–Kier alpha value is -3.61. The first-order valence-electron chi connectivity index (χ1n) is 9.76. The highest BCUT2D eigenvalue weighted by molar-refractivity contribution is 6.39. The number of aromatic hydroxyl groups is 1. The molecule has 1 aliphatic rings. The Morgan fingerprint density at radius 1 is 1.10 bits per heavy atom. The first kappa shape index (κ1) is 22.1. The van der Waals surface area contributed by atoms with Gasteiger partial charge >= 0.3 is 11.9 Å². The van der Waals surface area contributed by atoms with Gasteiger partial charge in [-0.25, -0.2) is 9.59 Å². The number of phenolic OH excluding ortho intramolecular Hbond substituents is 1. The van der Waals surface area contributed by atoms with Crippen LogP contribution in [0.2, 0.25) is 0 Å². The molecule has 1 N–H and O–H groups in total. The number of carbonyl (C=O) groups excluding carboxylic acids is 3. The molecule has 1 aliphatic heterocycles. The summed E-state index contributed by atoms with van der Waals surface area (Å²) in [5, 5.41) is 9.57. The molecule has 7 nitrogen and oxygen atoms in total. The number of benzene rings is 2. The van der Waals surface area contributed by atoms with Crippen LogP contribution in [0.15, 0.2) is 60.2 Å². The predicted octanol–water partition coefficient (Wildman–Crippen LogP) is 3.10. The third kappa shape index (κ3) is 4.60. The molecule has 162 valence electrons. The largest absolute Gasteiger partial charge is 0.508 e. The molecule has 31 heavy (non-hydrogen) atoms. The number of carbonyl (C=O) groups is 3. The zero-order valence-electron chi connectivity index (χ0n) is 17.6. The lowest BCUT2D eigenvalue weighted by Crippen LogP contribution is -2.47. The van der Waals surface area contributed by atoms with E-state index in [1.807, 2.05) is 19.9 Å². The van der Waals surface area contributed by atoms with Crippen LogP contribution in [0.5, 0.6) is 11.5 Å². The highest BCUT2D eigenvalue weighted by Crippen LogP contribution is 2.42. The highest BCUT2D eigenvalue weighted by Gasteiger charge is 2.61. The second-order valence-corrected chi connectivity index (χ2v) is 7.57. The van der Waals surface area contributed by atoms with Gasteiger partial charge in [0.2, 0.25) is 5.60 Å². The minimum atomic E-state index is -1.84. The van der Waals surface area contributed by atoms with Crippen molar-refractivity contribution in [2.75, 3.05) is 13.7 Å². The predicted molar refractivity (Wildman–Crippen MR) is 112 cm³/mol. The normalized spacial score (nSPS) is 20.2. The van der Waals surface area contributed by atoms with Crippen LogP contribution < -0.4 is 4.74 Å². The summed E-state index contributed by atoms with van der Waals surface area (Å²) in [5.74, 6) is -3.31. The van der Waals surface area contributed by atoms with Crippen LogP contribution >= 0.6 is 0 Å². The fourth-order valence-corrected chi connectivity index (χ4v) is 3.55. The molecule has 0 amide bonds. The molecule has 0 bridgehead atoms. The molecule has 0 aliphatic carbocycles.